The van der Waals surface area contributed by atoms with Crippen LogP contribution in [0, 0.1) is 0 Å². The molecular weight excluding hydrogens is 274 g/mol. The number of hydrogen-bond donors (Lipinski definition) is 0. The quantitative estimate of drug-likeness (QED) is 0.627. The van der Waals surface area contributed by atoms with Crippen LogP contribution in [0.5, 0.6) is 0 Å². The maximum Gasteiger partial charge on any atom is 0.260 e. The Labute approximate surface area is 119 Å². The van der Waals surface area contributed by atoms with Gasteiger partial charge in [0.05, 0.1) is 11.3 Å². The number of fused-ring (bicyclic) bond motifs is 1. The van der Waals surface area contributed by atoms with Crippen LogP contribution >= 0.6 is 11.3 Å². The van der Waals surface area contributed by atoms with Crippen LogP contribution in [0.4, 0.5) is 0 Å². The summed E-state index contributed by atoms with van der Waals surface area (Å²) in [5.41, 5.74) is 1.60. The molecule has 0 atom stereocenters. The monoisotopic (exact) mass is 285 g/mol. The van der Waals surface area contributed by atoms with Crippen molar-refractivity contribution in [1.29, 1.82) is 0 Å². The number of benzene rings is 1. The van der Waals surface area contributed by atoms with Crippen LogP contribution in [-0.4, -0.2) is 29.5 Å². The Morgan fingerprint density at radius 1 is 1.25 bits per heavy atom. The van der Waals surface area contributed by atoms with Crippen molar-refractivity contribution in [2.75, 3.05) is 7.05 Å². The molecule has 0 bridgehead atoms. The maximum atomic E-state index is 12.3. The van der Waals surface area contributed by atoms with Gasteiger partial charge in [-0.05, 0) is 23.1 Å². The van der Waals surface area contributed by atoms with Gasteiger partial charge >= 0.3 is 0 Å². The van der Waals surface area contributed by atoms with Gasteiger partial charge in [-0.3, -0.25) is 19.3 Å². The second-order valence-corrected chi connectivity index (χ2v) is 5.56. The van der Waals surface area contributed by atoms with Crippen LogP contribution < -0.4 is 0 Å². The van der Waals surface area contributed by atoms with Gasteiger partial charge in [0.15, 0.2) is 0 Å². The van der Waals surface area contributed by atoms with Gasteiger partial charge in [-0.2, -0.15) is 0 Å². The first kappa shape index (κ1) is 12.7. The summed E-state index contributed by atoms with van der Waals surface area (Å²) in [6.45, 7) is 0. The first-order valence-corrected chi connectivity index (χ1v) is 6.98. The minimum atomic E-state index is -0.350. The Hall–Kier alpha value is -2.27. The molecule has 5 heteroatoms. The molecule has 1 aromatic carbocycles. The average Bonchev–Trinajstić information content (AvgIpc) is 2.98. The largest absolute Gasteiger partial charge is 0.288 e. The van der Waals surface area contributed by atoms with E-state index in [1.165, 1.54) is 18.4 Å². The number of amides is 2. The van der Waals surface area contributed by atoms with Gasteiger partial charge in [0.2, 0.25) is 11.7 Å². The fourth-order valence-electron chi connectivity index (χ4n) is 2.20. The van der Waals surface area contributed by atoms with Gasteiger partial charge < -0.3 is 0 Å². The summed E-state index contributed by atoms with van der Waals surface area (Å²) in [6, 6.07) is 8.52. The molecule has 0 radical (unpaired) electrons. The number of ketones is 1. The van der Waals surface area contributed by atoms with Crippen molar-refractivity contribution in [2.45, 2.75) is 6.42 Å². The molecule has 2 amide bonds. The summed E-state index contributed by atoms with van der Waals surface area (Å²) < 4.78 is 0. The van der Waals surface area contributed by atoms with E-state index in [4.69, 9.17) is 0 Å². The van der Waals surface area contributed by atoms with Gasteiger partial charge in [-0.25, -0.2) is 0 Å². The number of carbonyl (C=O) groups excluding carboxylic acids is 3. The molecule has 0 N–H and O–H groups in total. The van der Waals surface area contributed by atoms with E-state index in [2.05, 4.69) is 0 Å². The predicted octanol–water partition coefficient (Wildman–Crippen LogP) is 2.13. The van der Waals surface area contributed by atoms with Crippen molar-refractivity contribution in [3.8, 4) is 0 Å². The van der Waals surface area contributed by atoms with E-state index in [0.29, 0.717) is 21.6 Å². The minimum Gasteiger partial charge on any atom is -0.288 e. The Kier molecular flexibility index (Phi) is 2.99. The fourth-order valence-corrected chi connectivity index (χ4v) is 2.88. The first-order valence-electron chi connectivity index (χ1n) is 6.10. The Morgan fingerprint density at radius 2 is 2.05 bits per heavy atom. The molecule has 20 heavy (non-hydrogen) atoms. The third-order valence-corrected chi connectivity index (χ3v) is 4.24. The van der Waals surface area contributed by atoms with E-state index in [-0.39, 0.29) is 24.0 Å². The number of nitrogens with zero attached hydrogens (tertiary/aromatic N) is 1. The highest BCUT2D eigenvalue weighted by Gasteiger charge is 2.28. The second-order valence-electron chi connectivity index (χ2n) is 4.61. The topological polar surface area (TPSA) is 54.5 Å². The Morgan fingerprint density at radius 3 is 2.75 bits per heavy atom. The number of rotatable bonds is 2. The summed E-state index contributed by atoms with van der Waals surface area (Å²) in [5.74, 6) is -0.674. The van der Waals surface area contributed by atoms with Crippen LogP contribution in [0.3, 0.4) is 0 Å². The molecule has 2 aromatic rings. The lowest BCUT2D eigenvalue weighted by Gasteiger charge is -2.23. The zero-order valence-electron chi connectivity index (χ0n) is 10.8. The first-order chi connectivity index (χ1) is 9.58. The molecule has 100 valence electrons. The van der Waals surface area contributed by atoms with E-state index >= 15 is 0 Å². The molecular formula is C15H11NO3S. The van der Waals surface area contributed by atoms with E-state index in [9.17, 15) is 14.4 Å². The van der Waals surface area contributed by atoms with Crippen molar-refractivity contribution in [2.24, 2.45) is 0 Å². The number of imide groups is 1. The lowest BCUT2D eigenvalue weighted by molar-refractivity contribution is -0.127. The molecule has 0 saturated heterocycles. The normalized spacial score (nSPS) is 14.3. The highest BCUT2D eigenvalue weighted by molar-refractivity contribution is 7.12. The van der Waals surface area contributed by atoms with Gasteiger partial charge in [0.25, 0.3) is 5.91 Å². The summed E-state index contributed by atoms with van der Waals surface area (Å²) in [5, 5.41) is 1.84. The number of carbonyl (C=O) groups is 3. The van der Waals surface area contributed by atoms with Crippen molar-refractivity contribution in [1.82, 2.24) is 4.90 Å². The lowest BCUT2D eigenvalue weighted by atomic mass is 9.95. The molecule has 0 spiro atoms. The molecule has 1 aliphatic rings. The van der Waals surface area contributed by atoms with Crippen LogP contribution in [0.2, 0.25) is 0 Å². The van der Waals surface area contributed by atoms with Crippen molar-refractivity contribution < 1.29 is 14.4 Å². The second kappa shape index (κ2) is 4.68. The van der Waals surface area contributed by atoms with E-state index in [1.54, 1.807) is 24.3 Å². The molecule has 4 nitrogen and oxygen atoms in total. The van der Waals surface area contributed by atoms with Crippen molar-refractivity contribution in [3.63, 3.8) is 0 Å². The molecule has 0 saturated carbocycles. The standard InChI is InChI=1S/C15H11NO3S/c1-16-13(17)8-9-4-5-10(7-11(9)15(16)19)14(18)12-3-2-6-20-12/h2-7H,8H2,1H3. The highest BCUT2D eigenvalue weighted by atomic mass is 32.1. The fraction of sp³-hybridized carbons (Fsp3) is 0.133. The number of likely N-dealkylation sites (N-methyl/N-ethyl adjacent to an activating group) is 1. The number of thiophene rings is 1. The van der Waals surface area contributed by atoms with Crippen molar-refractivity contribution in [3.05, 3.63) is 57.3 Å². The zero-order valence-corrected chi connectivity index (χ0v) is 11.6. The minimum absolute atomic E-state index is 0.102. The van der Waals surface area contributed by atoms with Gasteiger partial charge in [0.1, 0.15) is 0 Å². The summed E-state index contributed by atoms with van der Waals surface area (Å²) in [6.07, 6.45) is 0.199. The van der Waals surface area contributed by atoms with E-state index < -0.39 is 0 Å². The number of hydrogen-bond acceptors (Lipinski definition) is 4. The van der Waals surface area contributed by atoms with Gasteiger partial charge in [-0.15, -0.1) is 11.3 Å². The van der Waals surface area contributed by atoms with Crippen LogP contribution in [-0.2, 0) is 11.2 Å². The van der Waals surface area contributed by atoms with Gasteiger partial charge in [-0.1, -0.05) is 18.2 Å². The summed E-state index contributed by atoms with van der Waals surface area (Å²) >= 11 is 1.37. The zero-order chi connectivity index (χ0) is 14.3. The third kappa shape index (κ3) is 1.96. The predicted molar refractivity (Wildman–Crippen MR) is 75.0 cm³/mol. The summed E-state index contributed by atoms with van der Waals surface area (Å²) in [7, 11) is 1.46. The molecule has 0 fully saturated rings. The van der Waals surface area contributed by atoms with Crippen molar-refractivity contribution >= 4 is 28.9 Å². The molecule has 0 aliphatic carbocycles. The van der Waals surface area contributed by atoms with Crippen LogP contribution in [0.1, 0.15) is 31.2 Å². The van der Waals surface area contributed by atoms with Gasteiger partial charge in [0, 0.05) is 18.2 Å². The van der Waals surface area contributed by atoms with E-state index in [1.807, 2.05) is 11.4 Å². The highest BCUT2D eigenvalue weighted by Crippen LogP contribution is 2.23. The molecule has 2 heterocycles. The summed E-state index contributed by atoms with van der Waals surface area (Å²) in [4.78, 5) is 37.7. The van der Waals surface area contributed by atoms with Crippen LogP contribution in [0.15, 0.2) is 35.7 Å². The third-order valence-electron chi connectivity index (χ3n) is 3.37. The molecule has 0 unspecified atom stereocenters. The average molecular weight is 285 g/mol. The van der Waals surface area contributed by atoms with Crippen LogP contribution in [0.25, 0.3) is 0 Å². The maximum absolute atomic E-state index is 12.3. The molecule has 1 aromatic heterocycles. The Bertz CT molecular complexity index is 719. The van der Waals surface area contributed by atoms with E-state index in [0.717, 1.165) is 4.90 Å². The lowest BCUT2D eigenvalue weighted by Crippen LogP contribution is -2.39. The molecule has 1 aliphatic heterocycles. The Balaban J connectivity index is 2.04. The molecule has 3 rings (SSSR count). The SMILES string of the molecule is CN1C(=O)Cc2ccc(C(=O)c3cccs3)cc2C1=O. The smallest absolute Gasteiger partial charge is 0.260 e.